The van der Waals surface area contributed by atoms with Crippen LogP contribution in [0.15, 0.2) is 47.8 Å². The molecule has 1 N–H and O–H groups in total. The van der Waals surface area contributed by atoms with Crippen LogP contribution in [0.25, 0.3) is 21.8 Å². The average molecular weight is 435 g/mol. The lowest BCUT2D eigenvalue weighted by Gasteiger charge is -2.20. The van der Waals surface area contributed by atoms with E-state index in [1.807, 2.05) is 18.2 Å². The molecule has 0 bridgehead atoms. The van der Waals surface area contributed by atoms with Crippen LogP contribution in [0.3, 0.4) is 0 Å². The lowest BCUT2D eigenvalue weighted by atomic mass is 9.87. The Labute approximate surface area is 186 Å². The van der Waals surface area contributed by atoms with Crippen molar-refractivity contribution in [1.82, 2.24) is 10.3 Å². The third kappa shape index (κ3) is 4.74. The van der Waals surface area contributed by atoms with Crippen molar-refractivity contribution in [3.05, 3.63) is 53.4 Å². The zero-order chi connectivity index (χ0) is 21.0. The third-order valence-corrected chi connectivity index (χ3v) is 6.95. The van der Waals surface area contributed by atoms with Gasteiger partial charge in [-0.3, -0.25) is 4.79 Å². The Morgan fingerprint density at radius 1 is 1.00 bits per heavy atom. The molecule has 1 fully saturated rings. The number of hydrogen-bond donors (Lipinski definition) is 1. The molecule has 2 aromatic carbocycles. The van der Waals surface area contributed by atoms with Crippen molar-refractivity contribution in [3.63, 3.8) is 0 Å². The molecule has 5 rings (SSSR count). The van der Waals surface area contributed by atoms with Crippen LogP contribution >= 0.6 is 11.3 Å². The molecule has 1 saturated carbocycles. The molecule has 1 amide bonds. The number of nitrogens with zero attached hydrogens (tertiary/aromatic N) is 1. The molecule has 0 radical (unpaired) electrons. The molecule has 1 aliphatic heterocycles. The number of thiazole rings is 1. The number of benzene rings is 2. The lowest BCUT2D eigenvalue weighted by molar-refractivity contribution is -0.122. The van der Waals surface area contributed by atoms with Crippen molar-refractivity contribution in [3.8, 4) is 33.3 Å². The summed E-state index contributed by atoms with van der Waals surface area (Å²) in [6.07, 6.45) is 6.93. The van der Waals surface area contributed by atoms with Crippen LogP contribution < -0.4 is 14.8 Å². The van der Waals surface area contributed by atoms with Gasteiger partial charge in [0.1, 0.15) is 5.01 Å². The maximum absolute atomic E-state index is 12.2. The number of aromatic nitrogens is 1. The lowest BCUT2D eigenvalue weighted by Crippen LogP contribution is -2.25. The first kappa shape index (κ1) is 20.1. The van der Waals surface area contributed by atoms with Crippen molar-refractivity contribution < 1.29 is 14.3 Å². The zero-order valence-electron chi connectivity index (χ0n) is 17.4. The zero-order valence-corrected chi connectivity index (χ0v) is 18.2. The van der Waals surface area contributed by atoms with Crippen LogP contribution in [-0.2, 0) is 11.3 Å². The van der Waals surface area contributed by atoms with Gasteiger partial charge in [-0.1, -0.05) is 43.5 Å². The summed E-state index contributed by atoms with van der Waals surface area (Å²) in [4.78, 5) is 17.0. The minimum atomic E-state index is 0.171. The summed E-state index contributed by atoms with van der Waals surface area (Å²) in [5, 5.41) is 6.11. The van der Waals surface area contributed by atoms with Crippen molar-refractivity contribution >= 4 is 17.2 Å². The molecular weight excluding hydrogens is 408 g/mol. The number of hydrogen-bond acceptors (Lipinski definition) is 5. The Morgan fingerprint density at radius 2 is 1.77 bits per heavy atom. The number of ether oxygens (including phenoxy) is 2. The monoisotopic (exact) mass is 434 g/mol. The van der Waals surface area contributed by atoms with Crippen LogP contribution in [0, 0.1) is 5.92 Å². The summed E-state index contributed by atoms with van der Waals surface area (Å²) in [5.74, 6) is 2.28. The van der Waals surface area contributed by atoms with Gasteiger partial charge in [-0.25, -0.2) is 4.98 Å². The first-order chi connectivity index (χ1) is 15.2. The number of amides is 1. The maximum atomic E-state index is 12.2. The van der Waals surface area contributed by atoms with Crippen molar-refractivity contribution in [2.24, 2.45) is 5.92 Å². The first-order valence-corrected chi connectivity index (χ1v) is 11.8. The normalized spacial score (nSPS) is 15.7. The van der Waals surface area contributed by atoms with Gasteiger partial charge in [-0.2, -0.15) is 0 Å². The standard InChI is InChI=1S/C25H26N2O3S/c28-24(12-17-4-2-1-3-5-17)26-14-18-6-8-19(9-7-18)25-27-21(15-31-25)20-10-11-22-23(13-20)30-16-29-22/h6-11,13,15,17H,1-5,12,14,16H2,(H,26,28). The number of carbonyl (C=O) groups excluding carboxylic acids is 1. The van der Waals surface area contributed by atoms with Gasteiger partial charge < -0.3 is 14.8 Å². The Bertz CT molecular complexity index is 1050. The topological polar surface area (TPSA) is 60.5 Å². The fourth-order valence-electron chi connectivity index (χ4n) is 4.29. The Kier molecular flexibility index (Phi) is 5.89. The summed E-state index contributed by atoms with van der Waals surface area (Å²) in [5.41, 5.74) is 4.13. The number of fused-ring (bicyclic) bond motifs is 1. The minimum Gasteiger partial charge on any atom is -0.454 e. The molecule has 0 unspecified atom stereocenters. The molecule has 3 aromatic rings. The highest BCUT2D eigenvalue weighted by atomic mass is 32.1. The maximum Gasteiger partial charge on any atom is 0.231 e. The molecule has 5 nitrogen and oxygen atoms in total. The number of rotatable bonds is 6. The van der Waals surface area contributed by atoms with Crippen LogP contribution in [0.5, 0.6) is 11.5 Å². The van der Waals surface area contributed by atoms with Gasteiger partial charge in [0, 0.05) is 29.5 Å². The fraction of sp³-hybridized carbons (Fsp3) is 0.360. The second-order valence-electron chi connectivity index (χ2n) is 8.29. The summed E-state index contributed by atoms with van der Waals surface area (Å²) in [6.45, 7) is 0.848. The third-order valence-electron chi connectivity index (χ3n) is 6.06. The molecule has 0 spiro atoms. The van der Waals surface area contributed by atoms with Gasteiger partial charge in [0.2, 0.25) is 12.7 Å². The predicted molar refractivity (Wildman–Crippen MR) is 122 cm³/mol. The number of nitrogens with one attached hydrogen (secondary N) is 1. The predicted octanol–water partition coefficient (Wildman–Crippen LogP) is 5.79. The molecule has 1 aliphatic carbocycles. The van der Waals surface area contributed by atoms with Gasteiger partial charge in [0.05, 0.1) is 5.69 Å². The molecule has 2 aliphatic rings. The second-order valence-corrected chi connectivity index (χ2v) is 9.15. The fourth-order valence-corrected chi connectivity index (χ4v) is 5.12. The van der Waals surface area contributed by atoms with Gasteiger partial charge in [0.25, 0.3) is 0 Å². The van der Waals surface area contributed by atoms with E-state index in [1.54, 1.807) is 11.3 Å². The van der Waals surface area contributed by atoms with Gasteiger partial charge >= 0.3 is 0 Å². The van der Waals surface area contributed by atoms with E-state index >= 15 is 0 Å². The molecule has 0 saturated heterocycles. The van der Waals surface area contributed by atoms with E-state index in [0.29, 0.717) is 18.9 Å². The highest BCUT2D eigenvalue weighted by Crippen LogP contribution is 2.37. The minimum absolute atomic E-state index is 0.171. The molecular formula is C25H26N2O3S. The highest BCUT2D eigenvalue weighted by molar-refractivity contribution is 7.13. The van der Waals surface area contributed by atoms with E-state index in [1.165, 1.54) is 32.1 Å². The molecule has 160 valence electrons. The summed E-state index contributed by atoms with van der Waals surface area (Å²) in [6, 6.07) is 14.2. The SMILES string of the molecule is O=C(CC1CCCCC1)NCc1ccc(-c2nc(-c3ccc4c(c3)OCO4)cs2)cc1. The van der Waals surface area contributed by atoms with Crippen molar-refractivity contribution in [2.45, 2.75) is 45.1 Å². The van der Waals surface area contributed by atoms with Gasteiger partial charge in [0.15, 0.2) is 11.5 Å². The van der Waals surface area contributed by atoms with Crippen LogP contribution in [0.1, 0.15) is 44.1 Å². The van der Waals surface area contributed by atoms with E-state index in [4.69, 9.17) is 14.5 Å². The smallest absolute Gasteiger partial charge is 0.231 e. The van der Waals surface area contributed by atoms with Gasteiger partial charge in [-0.15, -0.1) is 11.3 Å². The van der Waals surface area contributed by atoms with Crippen LogP contribution in [-0.4, -0.2) is 17.7 Å². The molecule has 6 heteroatoms. The van der Waals surface area contributed by atoms with E-state index in [0.717, 1.165) is 38.9 Å². The van der Waals surface area contributed by atoms with E-state index in [-0.39, 0.29) is 12.7 Å². The Morgan fingerprint density at radius 3 is 2.61 bits per heavy atom. The van der Waals surface area contributed by atoms with Crippen molar-refractivity contribution in [2.75, 3.05) is 6.79 Å². The Balaban J connectivity index is 1.19. The summed E-state index contributed by atoms with van der Waals surface area (Å²) >= 11 is 1.62. The summed E-state index contributed by atoms with van der Waals surface area (Å²) < 4.78 is 10.9. The Hall–Kier alpha value is -2.86. The van der Waals surface area contributed by atoms with E-state index < -0.39 is 0 Å². The van der Waals surface area contributed by atoms with Crippen LogP contribution in [0.2, 0.25) is 0 Å². The van der Waals surface area contributed by atoms with Gasteiger partial charge in [-0.05, 0) is 42.5 Å². The van der Waals surface area contributed by atoms with E-state index in [2.05, 4.69) is 35.0 Å². The van der Waals surface area contributed by atoms with E-state index in [9.17, 15) is 4.79 Å². The van der Waals surface area contributed by atoms with Crippen molar-refractivity contribution in [1.29, 1.82) is 0 Å². The molecule has 0 atom stereocenters. The second kappa shape index (κ2) is 9.10. The summed E-state index contributed by atoms with van der Waals surface area (Å²) in [7, 11) is 0. The van der Waals surface area contributed by atoms with Crippen LogP contribution in [0.4, 0.5) is 0 Å². The average Bonchev–Trinajstić information content (AvgIpc) is 3.48. The number of carbonyl (C=O) groups is 1. The molecule has 1 aromatic heterocycles. The molecule has 2 heterocycles. The quantitative estimate of drug-likeness (QED) is 0.533. The first-order valence-electron chi connectivity index (χ1n) is 11.0. The largest absolute Gasteiger partial charge is 0.454 e. The molecule has 31 heavy (non-hydrogen) atoms. The highest BCUT2D eigenvalue weighted by Gasteiger charge is 2.17.